The number of amides is 1. The van der Waals surface area contributed by atoms with Gasteiger partial charge >= 0.3 is 0 Å². The monoisotopic (exact) mass is 448 g/mol. The van der Waals surface area contributed by atoms with E-state index < -0.39 is 0 Å². The SMILES string of the molecule is CC1CCc2c(C#N)c(NC(=O)COc3cccc(Br)c3)sc(=S)c2C1. The second-order valence-electron chi connectivity index (χ2n) is 6.30. The number of rotatable bonds is 4. The molecule has 2 aromatic rings. The Morgan fingerprint density at radius 2 is 2.31 bits per heavy atom. The van der Waals surface area contributed by atoms with E-state index in [0.29, 0.717) is 22.2 Å². The van der Waals surface area contributed by atoms with Crippen molar-refractivity contribution in [3.05, 3.63) is 49.3 Å². The summed E-state index contributed by atoms with van der Waals surface area (Å²) in [5, 5.41) is 12.9. The number of halogens is 1. The maximum absolute atomic E-state index is 12.3. The van der Waals surface area contributed by atoms with Crippen LogP contribution in [0.5, 0.6) is 5.75 Å². The number of carbonyl (C=O) groups excluding carboxylic acids is 1. The lowest BCUT2D eigenvalue weighted by atomic mass is 9.85. The lowest BCUT2D eigenvalue weighted by Crippen LogP contribution is -2.21. The van der Waals surface area contributed by atoms with Gasteiger partial charge in [0.1, 0.15) is 16.8 Å². The van der Waals surface area contributed by atoms with Crippen molar-refractivity contribution in [3.63, 3.8) is 0 Å². The largest absolute Gasteiger partial charge is 0.484 e. The summed E-state index contributed by atoms with van der Waals surface area (Å²) < 4.78 is 7.14. The lowest BCUT2D eigenvalue weighted by Gasteiger charge is -2.23. The second kappa shape index (κ2) is 8.30. The molecule has 0 aliphatic heterocycles. The van der Waals surface area contributed by atoms with Gasteiger partial charge in [-0.3, -0.25) is 4.79 Å². The van der Waals surface area contributed by atoms with Crippen LogP contribution in [-0.4, -0.2) is 12.5 Å². The molecule has 1 aliphatic carbocycles. The quantitative estimate of drug-likeness (QED) is 0.648. The van der Waals surface area contributed by atoms with Gasteiger partial charge in [0.15, 0.2) is 6.61 Å². The summed E-state index contributed by atoms with van der Waals surface area (Å²) >= 11 is 10.2. The number of fused-ring (bicyclic) bond motifs is 1. The molecule has 1 N–H and O–H groups in total. The van der Waals surface area contributed by atoms with Crippen molar-refractivity contribution in [2.24, 2.45) is 5.92 Å². The molecule has 1 heterocycles. The number of anilines is 1. The highest BCUT2D eigenvalue weighted by Gasteiger charge is 2.23. The Morgan fingerprint density at radius 3 is 3.04 bits per heavy atom. The minimum atomic E-state index is -0.309. The maximum Gasteiger partial charge on any atom is 0.262 e. The first-order valence-electron chi connectivity index (χ1n) is 8.25. The number of hydrogen-bond acceptors (Lipinski definition) is 5. The number of nitrogens with zero attached hydrogens (tertiary/aromatic N) is 1. The van der Waals surface area contributed by atoms with Crippen molar-refractivity contribution in [2.45, 2.75) is 26.2 Å². The van der Waals surface area contributed by atoms with E-state index >= 15 is 0 Å². The van der Waals surface area contributed by atoms with Crippen LogP contribution in [0.4, 0.5) is 5.00 Å². The molecule has 134 valence electrons. The Morgan fingerprint density at radius 1 is 1.50 bits per heavy atom. The van der Waals surface area contributed by atoms with Gasteiger partial charge in [-0.25, -0.2) is 0 Å². The molecule has 0 spiro atoms. The average molecular weight is 449 g/mol. The molecular weight excluding hydrogens is 432 g/mol. The van der Waals surface area contributed by atoms with Crippen molar-refractivity contribution < 1.29 is 9.53 Å². The molecular formula is C19H17BrN2O2S2. The summed E-state index contributed by atoms with van der Waals surface area (Å²) in [5.74, 6) is 0.861. The molecule has 0 fully saturated rings. The van der Waals surface area contributed by atoms with Crippen LogP contribution in [0.25, 0.3) is 0 Å². The molecule has 0 bridgehead atoms. The van der Waals surface area contributed by atoms with Crippen LogP contribution in [0.15, 0.2) is 28.7 Å². The minimum absolute atomic E-state index is 0.130. The van der Waals surface area contributed by atoms with Crippen LogP contribution in [-0.2, 0) is 17.6 Å². The molecule has 3 rings (SSSR count). The fourth-order valence-corrected chi connectivity index (χ4v) is 4.80. The molecule has 26 heavy (non-hydrogen) atoms. The Kier molecular flexibility index (Phi) is 6.07. The van der Waals surface area contributed by atoms with Gasteiger partial charge in [0, 0.05) is 4.47 Å². The van der Waals surface area contributed by atoms with E-state index in [2.05, 4.69) is 34.2 Å². The first-order chi connectivity index (χ1) is 12.5. The summed E-state index contributed by atoms with van der Waals surface area (Å²) in [6, 6.07) is 9.54. The van der Waals surface area contributed by atoms with E-state index in [0.717, 1.165) is 38.7 Å². The molecule has 1 aromatic carbocycles. The summed E-state index contributed by atoms with van der Waals surface area (Å²) in [6.45, 7) is 2.07. The molecule has 1 aromatic heterocycles. The number of benzene rings is 1. The highest BCUT2D eigenvalue weighted by Crippen LogP contribution is 2.35. The van der Waals surface area contributed by atoms with E-state index in [1.54, 1.807) is 12.1 Å². The van der Waals surface area contributed by atoms with Crippen molar-refractivity contribution in [2.75, 3.05) is 11.9 Å². The second-order valence-corrected chi connectivity index (χ2v) is 8.91. The number of carbonyl (C=O) groups is 1. The molecule has 0 saturated carbocycles. The zero-order valence-electron chi connectivity index (χ0n) is 14.2. The summed E-state index contributed by atoms with van der Waals surface area (Å²) in [5.41, 5.74) is 2.64. The van der Waals surface area contributed by atoms with Crippen molar-refractivity contribution in [3.8, 4) is 11.8 Å². The first-order valence-corrected chi connectivity index (χ1v) is 10.3. The van der Waals surface area contributed by atoms with Gasteiger partial charge in [-0.1, -0.05) is 41.1 Å². The molecule has 7 heteroatoms. The van der Waals surface area contributed by atoms with Crippen LogP contribution in [0.3, 0.4) is 0 Å². The number of ether oxygens (including phenoxy) is 1. The van der Waals surface area contributed by atoms with E-state index in [4.69, 9.17) is 17.0 Å². The third-order valence-corrected chi connectivity index (χ3v) is 6.24. The zero-order chi connectivity index (χ0) is 18.7. The predicted molar refractivity (Wildman–Crippen MR) is 109 cm³/mol. The van der Waals surface area contributed by atoms with Crippen LogP contribution >= 0.6 is 39.5 Å². The fourth-order valence-electron chi connectivity index (χ4n) is 3.01. The molecule has 0 saturated heterocycles. The van der Waals surface area contributed by atoms with Crippen LogP contribution < -0.4 is 10.1 Å². The molecule has 1 amide bonds. The van der Waals surface area contributed by atoms with Crippen LogP contribution in [0.2, 0.25) is 0 Å². The zero-order valence-corrected chi connectivity index (χ0v) is 17.4. The third-order valence-electron chi connectivity index (χ3n) is 4.30. The molecule has 0 radical (unpaired) electrons. The summed E-state index contributed by atoms with van der Waals surface area (Å²) in [4.78, 5) is 12.3. The number of nitrogens with one attached hydrogen (secondary N) is 1. The Hall–Kier alpha value is -1.75. The Balaban J connectivity index is 1.77. The van der Waals surface area contributed by atoms with E-state index in [1.165, 1.54) is 11.3 Å². The molecule has 4 nitrogen and oxygen atoms in total. The van der Waals surface area contributed by atoms with Crippen molar-refractivity contribution in [1.82, 2.24) is 0 Å². The van der Waals surface area contributed by atoms with E-state index in [1.807, 2.05) is 12.1 Å². The van der Waals surface area contributed by atoms with Crippen LogP contribution in [0.1, 0.15) is 30.0 Å². The molecule has 1 aliphatic rings. The number of nitriles is 1. The normalized spacial score (nSPS) is 15.7. The van der Waals surface area contributed by atoms with E-state index in [9.17, 15) is 10.1 Å². The standard InChI is InChI=1S/C19H17BrN2O2S2/c1-11-5-6-14-15(7-11)19(25)26-18(16(14)9-21)22-17(23)10-24-13-4-2-3-12(20)8-13/h2-4,8,11H,5-7,10H2,1H3,(H,22,23). The highest BCUT2D eigenvalue weighted by molar-refractivity contribution is 9.10. The van der Waals surface area contributed by atoms with Gasteiger partial charge in [0.25, 0.3) is 5.91 Å². The molecule has 1 atom stereocenters. The molecule has 1 unspecified atom stereocenters. The maximum atomic E-state index is 12.3. The van der Waals surface area contributed by atoms with E-state index in [-0.39, 0.29) is 12.5 Å². The predicted octanol–water partition coefficient (Wildman–Crippen LogP) is 5.25. The lowest BCUT2D eigenvalue weighted by molar-refractivity contribution is -0.118. The summed E-state index contributed by atoms with van der Waals surface area (Å²) in [6.07, 6.45) is 2.76. The van der Waals surface area contributed by atoms with Crippen molar-refractivity contribution >= 4 is 50.4 Å². The summed E-state index contributed by atoms with van der Waals surface area (Å²) in [7, 11) is 0. The Bertz CT molecular complexity index is 950. The van der Waals surface area contributed by atoms with Crippen LogP contribution in [0, 0.1) is 21.1 Å². The topological polar surface area (TPSA) is 62.1 Å². The minimum Gasteiger partial charge on any atom is -0.484 e. The highest BCUT2D eigenvalue weighted by atomic mass is 79.9. The van der Waals surface area contributed by atoms with Gasteiger partial charge in [-0.2, -0.15) is 5.26 Å². The van der Waals surface area contributed by atoms with Crippen molar-refractivity contribution in [1.29, 1.82) is 5.26 Å². The van der Waals surface area contributed by atoms with Gasteiger partial charge in [-0.05, 0) is 54.5 Å². The first kappa shape index (κ1) is 19.0. The van der Waals surface area contributed by atoms with Gasteiger partial charge in [-0.15, -0.1) is 11.3 Å². The fraction of sp³-hybridized carbons (Fsp3) is 0.316. The third kappa shape index (κ3) is 4.32. The van der Waals surface area contributed by atoms with Gasteiger partial charge in [0.05, 0.1) is 9.39 Å². The average Bonchev–Trinajstić information content (AvgIpc) is 2.61. The number of hydrogen-bond donors (Lipinski definition) is 1. The Labute approximate surface area is 169 Å². The smallest absolute Gasteiger partial charge is 0.262 e. The van der Waals surface area contributed by atoms with Gasteiger partial charge in [0.2, 0.25) is 0 Å². The van der Waals surface area contributed by atoms with Gasteiger partial charge < -0.3 is 10.1 Å².